The molecule has 1 aromatic heterocycles. The molecule has 2 aromatic rings. The normalized spacial score (nSPS) is 10.4. The van der Waals surface area contributed by atoms with Crippen molar-refractivity contribution in [1.82, 2.24) is 4.98 Å². The number of nitrogens with zero attached hydrogens (tertiary/aromatic N) is 1. The van der Waals surface area contributed by atoms with Crippen LogP contribution in [0.1, 0.15) is 5.56 Å². The molecule has 0 aliphatic carbocycles. The monoisotopic (exact) mass is 370 g/mol. The van der Waals surface area contributed by atoms with E-state index in [1.165, 1.54) is 0 Å². The van der Waals surface area contributed by atoms with Crippen LogP contribution >= 0.6 is 27.5 Å². The highest BCUT2D eigenvalue weighted by Gasteiger charge is 2.00. The van der Waals surface area contributed by atoms with E-state index in [1.807, 2.05) is 30.3 Å². The molecule has 1 N–H and O–H groups in total. The molecule has 2 rings (SSSR count). The van der Waals surface area contributed by atoms with Crippen molar-refractivity contribution in [2.24, 2.45) is 0 Å². The van der Waals surface area contributed by atoms with Gasteiger partial charge in [-0.1, -0.05) is 17.7 Å². The summed E-state index contributed by atoms with van der Waals surface area (Å²) in [5.74, 6) is 0.587. The molecule has 21 heavy (non-hydrogen) atoms. The van der Waals surface area contributed by atoms with E-state index in [0.717, 1.165) is 15.7 Å². The summed E-state index contributed by atoms with van der Waals surface area (Å²) in [5.41, 5.74) is 2.02. The Morgan fingerprint density at radius 3 is 2.76 bits per heavy atom. The highest BCUT2D eigenvalue weighted by Crippen LogP contribution is 2.23. The van der Waals surface area contributed by atoms with Crippen LogP contribution in [0, 0.1) is 0 Å². The zero-order valence-corrected chi connectivity index (χ0v) is 13.9. The van der Waals surface area contributed by atoms with E-state index in [1.54, 1.807) is 13.3 Å². The highest BCUT2D eigenvalue weighted by molar-refractivity contribution is 9.10. The van der Waals surface area contributed by atoms with Crippen LogP contribution < -0.4 is 10.1 Å². The van der Waals surface area contributed by atoms with E-state index < -0.39 is 0 Å². The van der Waals surface area contributed by atoms with Crippen LogP contribution in [0.3, 0.4) is 0 Å². The quantitative estimate of drug-likeness (QED) is 0.743. The van der Waals surface area contributed by atoms with Gasteiger partial charge in [-0.05, 0) is 39.7 Å². The molecule has 0 amide bonds. The molecule has 1 heterocycles. The number of halogens is 2. The number of ether oxygens (including phenoxy) is 2. The van der Waals surface area contributed by atoms with Crippen molar-refractivity contribution in [1.29, 1.82) is 0 Å². The number of rotatable bonds is 7. The molecular formula is C15H16BrClN2O2. The van der Waals surface area contributed by atoms with Crippen LogP contribution in [-0.2, 0) is 11.3 Å². The van der Waals surface area contributed by atoms with Gasteiger partial charge in [0, 0.05) is 24.2 Å². The lowest BCUT2D eigenvalue weighted by molar-refractivity contribution is 0.144. The lowest BCUT2D eigenvalue weighted by atomic mass is 10.2. The second-order valence-electron chi connectivity index (χ2n) is 4.33. The van der Waals surface area contributed by atoms with Crippen LogP contribution in [0.2, 0.25) is 5.02 Å². The van der Waals surface area contributed by atoms with Crippen molar-refractivity contribution in [2.75, 3.05) is 25.6 Å². The summed E-state index contributed by atoms with van der Waals surface area (Å²) in [6.45, 7) is 1.72. The molecule has 0 unspecified atom stereocenters. The molecule has 1 aromatic carbocycles. The molecule has 0 radical (unpaired) electrons. The third-order valence-corrected chi connectivity index (χ3v) is 3.99. The zero-order chi connectivity index (χ0) is 15.1. The number of methoxy groups -OCH3 is 1. The highest BCUT2D eigenvalue weighted by atomic mass is 79.9. The van der Waals surface area contributed by atoms with Gasteiger partial charge in [0.2, 0.25) is 5.88 Å². The molecule has 0 bridgehead atoms. The van der Waals surface area contributed by atoms with Crippen molar-refractivity contribution in [2.45, 2.75) is 6.54 Å². The Balaban J connectivity index is 1.86. The van der Waals surface area contributed by atoms with Crippen molar-refractivity contribution < 1.29 is 9.47 Å². The summed E-state index contributed by atoms with van der Waals surface area (Å²) < 4.78 is 11.2. The smallest absolute Gasteiger partial charge is 0.213 e. The third-order valence-electron chi connectivity index (χ3n) is 2.75. The zero-order valence-electron chi connectivity index (χ0n) is 11.6. The van der Waals surface area contributed by atoms with Gasteiger partial charge in [0.25, 0.3) is 0 Å². The Morgan fingerprint density at radius 2 is 2.10 bits per heavy atom. The number of hydrogen-bond acceptors (Lipinski definition) is 4. The fraction of sp³-hybridized carbons (Fsp3) is 0.267. The molecule has 6 heteroatoms. The van der Waals surface area contributed by atoms with Crippen LogP contribution in [0.5, 0.6) is 5.88 Å². The van der Waals surface area contributed by atoms with Crippen molar-refractivity contribution in [3.8, 4) is 5.88 Å². The average Bonchev–Trinajstić information content (AvgIpc) is 2.50. The summed E-state index contributed by atoms with van der Waals surface area (Å²) in [5, 5.41) is 3.99. The van der Waals surface area contributed by atoms with Crippen LogP contribution in [0.15, 0.2) is 41.0 Å². The fourth-order valence-corrected chi connectivity index (χ4v) is 2.10. The van der Waals surface area contributed by atoms with E-state index >= 15 is 0 Å². The first-order chi connectivity index (χ1) is 10.2. The molecule has 4 nitrogen and oxygen atoms in total. The van der Waals surface area contributed by atoms with E-state index in [2.05, 4.69) is 26.2 Å². The molecule has 112 valence electrons. The van der Waals surface area contributed by atoms with Gasteiger partial charge in [-0.2, -0.15) is 0 Å². The largest absolute Gasteiger partial charge is 0.475 e. The molecular weight excluding hydrogens is 356 g/mol. The molecule has 0 fully saturated rings. The first kappa shape index (κ1) is 16.1. The Kier molecular flexibility index (Phi) is 6.29. The maximum Gasteiger partial charge on any atom is 0.213 e. The molecule has 0 atom stereocenters. The van der Waals surface area contributed by atoms with Crippen LogP contribution in [0.25, 0.3) is 0 Å². The van der Waals surface area contributed by atoms with Gasteiger partial charge < -0.3 is 14.8 Å². The van der Waals surface area contributed by atoms with Gasteiger partial charge in [0.15, 0.2) is 0 Å². The minimum atomic E-state index is 0.494. The van der Waals surface area contributed by atoms with Gasteiger partial charge in [-0.3, -0.25) is 0 Å². The minimum absolute atomic E-state index is 0.494. The molecule has 0 saturated carbocycles. The predicted octanol–water partition coefficient (Wildman–Crippen LogP) is 4.13. The summed E-state index contributed by atoms with van der Waals surface area (Å²) in [7, 11) is 1.64. The number of benzene rings is 1. The number of anilines is 1. The summed E-state index contributed by atoms with van der Waals surface area (Å²) in [6.07, 6.45) is 1.74. The average molecular weight is 372 g/mol. The molecule has 0 aliphatic heterocycles. The molecule has 0 spiro atoms. The second-order valence-corrected chi connectivity index (χ2v) is 5.59. The first-order valence-corrected chi connectivity index (χ1v) is 7.61. The predicted molar refractivity (Wildman–Crippen MR) is 88.1 cm³/mol. The van der Waals surface area contributed by atoms with Gasteiger partial charge >= 0.3 is 0 Å². The van der Waals surface area contributed by atoms with Gasteiger partial charge in [0.05, 0.1) is 23.5 Å². The van der Waals surface area contributed by atoms with E-state index in [4.69, 9.17) is 21.1 Å². The minimum Gasteiger partial charge on any atom is -0.475 e. The van der Waals surface area contributed by atoms with Gasteiger partial charge in [0.1, 0.15) is 6.61 Å². The Morgan fingerprint density at radius 1 is 1.24 bits per heavy atom. The van der Waals surface area contributed by atoms with E-state index in [-0.39, 0.29) is 0 Å². The van der Waals surface area contributed by atoms with E-state index in [0.29, 0.717) is 30.7 Å². The van der Waals surface area contributed by atoms with Gasteiger partial charge in [-0.25, -0.2) is 4.98 Å². The van der Waals surface area contributed by atoms with Crippen molar-refractivity contribution >= 4 is 33.2 Å². The number of nitrogens with one attached hydrogen (secondary N) is 1. The Hall–Kier alpha value is -1.30. The maximum absolute atomic E-state index is 6.06. The molecule has 0 saturated heterocycles. The lowest BCUT2D eigenvalue weighted by Crippen LogP contribution is -2.05. The maximum atomic E-state index is 6.06. The number of hydrogen-bond donors (Lipinski definition) is 1. The van der Waals surface area contributed by atoms with Gasteiger partial charge in [-0.15, -0.1) is 0 Å². The van der Waals surface area contributed by atoms with Crippen molar-refractivity contribution in [3.63, 3.8) is 0 Å². The van der Waals surface area contributed by atoms with Crippen molar-refractivity contribution in [3.05, 3.63) is 51.6 Å². The van der Waals surface area contributed by atoms with E-state index in [9.17, 15) is 0 Å². The lowest BCUT2D eigenvalue weighted by Gasteiger charge is -2.08. The Labute approximate surface area is 137 Å². The Bertz CT molecular complexity index is 578. The van der Waals surface area contributed by atoms with Crippen LogP contribution in [-0.4, -0.2) is 25.3 Å². The fourth-order valence-electron chi connectivity index (χ4n) is 1.65. The molecule has 0 aliphatic rings. The summed E-state index contributed by atoms with van der Waals surface area (Å²) in [4.78, 5) is 4.22. The number of pyridine rings is 1. The topological polar surface area (TPSA) is 43.4 Å². The number of aromatic nitrogens is 1. The third kappa shape index (κ3) is 5.19. The SMILES string of the molecule is COCCOc1ccc(NCc2ccc(Br)c(Cl)c2)cn1. The standard InChI is InChI=1S/C15H16BrClN2O2/c1-20-6-7-21-15-5-3-12(10-19-15)18-9-11-2-4-13(16)14(17)8-11/h2-5,8,10,18H,6-7,9H2,1H3. The summed E-state index contributed by atoms with van der Waals surface area (Å²) in [6, 6.07) is 9.62. The first-order valence-electron chi connectivity index (χ1n) is 6.44. The summed E-state index contributed by atoms with van der Waals surface area (Å²) >= 11 is 9.44. The second kappa shape index (κ2) is 8.22. The van der Waals surface area contributed by atoms with Crippen LogP contribution in [0.4, 0.5) is 5.69 Å².